The van der Waals surface area contributed by atoms with Gasteiger partial charge < -0.3 is 19.5 Å². The Labute approximate surface area is 160 Å². The van der Waals surface area contributed by atoms with Gasteiger partial charge in [0.25, 0.3) is 5.91 Å². The normalized spacial score (nSPS) is 11.0. The van der Waals surface area contributed by atoms with E-state index in [1.54, 1.807) is 6.07 Å². The lowest BCUT2D eigenvalue weighted by atomic mass is 10.2. The summed E-state index contributed by atoms with van der Waals surface area (Å²) in [5.74, 6) is 0.260. The number of nitrogens with zero attached hydrogens (tertiary/aromatic N) is 1. The van der Waals surface area contributed by atoms with E-state index in [0.717, 1.165) is 0 Å². The first-order chi connectivity index (χ1) is 12.2. The third kappa shape index (κ3) is 5.38. The quantitative estimate of drug-likeness (QED) is 0.633. The van der Waals surface area contributed by atoms with Crippen molar-refractivity contribution in [3.63, 3.8) is 0 Å². The maximum Gasteiger partial charge on any atom is 0.422 e. The fraction of sp³-hybridized carbons (Fsp3) is 0.250. The minimum Gasteiger partial charge on any atom is -0.493 e. The Kier molecular flexibility index (Phi) is 6.51. The van der Waals surface area contributed by atoms with Gasteiger partial charge in [0.1, 0.15) is 0 Å². The van der Waals surface area contributed by atoms with Gasteiger partial charge in [-0.15, -0.1) is 0 Å². The van der Waals surface area contributed by atoms with Gasteiger partial charge in [-0.1, -0.05) is 0 Å². The fourth-order valence-corrected chi connectivity index (χ4v) is 2.61. The van der Waals surface area contributed by atoms with E-state index in [1.165, 1.54) is 38.6 Å². The van der Waals surface area contributed by atoms with Crippen molar-refractivity contribution in [2.24, 2.45) is 0 Å². The molecule has 0 bridgehead atoms. The van der Waals surface area contributed by atoms with Gasteiger partial charge in [0.05, 0.1) is 31.7 Å². The molecule has 1 N–H and O–H groups in total. The second-order valence-electron chi connectivity index (χ2n) is 4.93. The Balaban J connectivity index is 2.10. The molecular weight excluding hydrogens is 468 g/mol. The SMILES string of the molecule is COc1cc(I)c(C(=O)Nc2ccc(OCC(F)(F)F)nc2)cc1OC. The molecule has 1 aromatic carbocycles. The zero-order valence-electron chi connectivity index (χ0n) is 13.7. The van der Waals surface area contributed by atoms with Crippen LogP contribution in [0.3, 0.4) is 0 Å². The number of amides is 1. The number of pyridine rings is 1. The van der Waals surface area contributed by atoms with Crippen LogP contribution in [0.1, 0.15) is 10.4 Å². The van der Waals surface area contributed by atoms with Crippen molar-refractivity contribution < 1.29 is 32.2 Å². The molecule has 0 saturated carbocycles. The average Bonchev–Trinajstić information content (AvgIpc) is 2.60. The molecule has 6 nitrogen and oxygen atoms in total. The standard InChI is InChI=1S/C16H14F3IN2O4/c1-24-12-5-10(11(20)6-13(12)25-2)15(23)22-9-3-4-14(21-7-9)26-8-16(17,18)19/h3-7H,8H2,1-2H3,(H,22,23). The van der Waals surface area contributed by atoms with Crippen molar-refractivity contribution in [3.8, 4) is 17.4 Å². The molecule has 2 rings (SSSR count). The molecule has 26 heavy (non-hydrogen) atoms. The Morgan fingerprint density at radius 3 is 2.38 bits per heavy atom. The summed E-state index contributed by atoms with van der Waals surface area (Å²) in [4.78, 5) is 16.2. The van der Waals surface area contributed by atoms with Crippen molar-refractivity contribution >= 4 is 34.2 Å². The molecule has 2 aromatic rings. The number of carbonyl (C=O) groups is 1. The van der Waals surface area contributed by atoms with E-state index in [9.17, 15) is 18.0 Å². The van der Waals surface area contributed by atoms with E-state index < -0.39 is 18.7 Å². The van der Waals surface area contributed by atoms with Crippen molar-refractivity contribution in [1.82, 2.24) is 4.98 Å². The number of alkyl halides is 3. The number of benzene rings is 1. The molecule has 10 heteroatoms. The third-order valence-electron chi connectivity index (χ3n) is 3.10. The predicted octanol–water partition coefficient (Wildman–Crippen LogP) is 3.90. The molecule has 0 atom stereocenters. The number of carbonyl (C=O) groups excluding carboxylic acids is 1. The third-order valence-corrected chi connectivity index (χ3v) is 3.99. The predicted molar refractivity (Wildman–Crippen MR) is 96.0 cm³/mol. The summed E-state index contributed by atoms with van der Waals surface area (Å²) in [6.45, 7) is -1.43. The Morgan fingerprint density at radius 1 is 1.19 bits per heavy atom. The molecule has 0 spiro atoms. The summed E-state index contributed by atoms with van der Waals surface area (Å²) < 4.78 is 51.8. The maximum atomic E-state index is 12.4. The second kappa shape index (κ2) is 8.43. The Hall–Kier alpha value is -2.24. The van der Waals surface area contributed by atoms with Gasteiger partial charge in [-0.25, -0.2) is 4.98 Å². The first-order valence-corrected chi connectivity index (χ1v) is 8.20. The van der Waals surface area contributed by atoms with Gasteiger partial charge in [0.15, 0.2) is 18.1 Å². The first-order valence-electron chi connectivity index (χ1n) is 7.12. The molecule has 0 aliphatic carbocycles. The van der Waals surface area contributed by atoms with Gasteiger partial charge in [0.2, 0.25) is 5.88 Å². The average molecular weight is 482 g/mol. The Morgan fingerprint density at radius 2 is 1.85 bits per heavy atom. The van der Waals surface area contributed by atoms with Crippen molar-refractivity contribution in [2.75, 3.05) is 26.1 Å². The number of anilines is 1. The van der Waals surface area contributed by atoms with E-state index >= 15 is 0 Å². The molecule has 0 saturated heterocycles. The minimum atomic E-state index is -4.45. The van der Waals surface area contributed by atoms with Crippen molar-refractivity contribution in [3.05, 3.63) is 39.6 Å². The number of hydrogen-bond acceptors (Lipinski definition) is 5. The molecule has 0 radical (unpaired) electrons. The molecule has 140 valence electrons. The van der Waals surface area contributed by atoms with E-state index in [4.69, 9.17) is 9.47 Å². The van der Waals surface area contributed by atoms with E-state index in [2.05, 4.69) is 15.0 Å². The molecule has 0 unspecified atom stereocenters. The lowest BCUT2D eigenvalue weighted by Gasteiger charge is -2.12. The van der Waals surface area contributed by atoms with Crippen LogP contribution in [0.15, 0.2) is 30.5 Å². The lowest BCUT2D eigenvalue weighted by Crippen LogP contribution is -2.19. The second-order valence-corrected chi connectivity index (χ2v) is 6.09. The molecule has 0 fully saturated rings. The summed E-state index contributed by atoms with van der Waals surface area (Å²) in [7, 11) is 2.94. The van der Waals surface area contributed by atoms with Gasteiger partial charge in [-0.05, 0) is 40.8 Å². The van der Waals surface area contributed by atoms with Crippen LogP contribution in [0.4, 0.5) is 18.9 Å². The van der Waals surface area contributed by atoms with Crippen molar-refractivity contribution in [2.45, 2.75) is 6.18 Å². The summed E-state index contributed by atoms with van der Waals surface area (Å²) in [6.07, 6.45) is -3.24. The van der Waals surface area contributed by atoms with Gasteiger partial charge in [0, 0.05) is 9.64 Å². The van der Waals surface area contributed by atoms with Crippen LogP contribution in [0.5, 0.6) is 17.4 Å². The largest absolute Gasteiger partial charge is 0.493 e. The summed E-state index contributed by atoms with van der Waals surface area (Å²) >= 11 is 1.99. The summed E-state index contributed by atoms with van der Waals surface area (Å²) in [5.41, 5.74) is 0.653. The monoisotopic (exact) mass is 482 g/mol. The van der Waals surface area contributed by atoms with E-state index in [1.807, 2.05) is 22.6 Å². The smallest absolute Gasteiger partial charge is 0.422 e. The number of hydrogen-bond donors (Lipinski definition) is 1. The van der Waals surface area contributed by atoms with Crippen LogP contribution >= 0.6 is 22.6 Å². The highest BCUT2D eigenvalue weighted by molar-refractivity contribution is 14.1. The molecule has 0 aliphatic rings. The van der Waals surface area contributed by atoms with Crippen LogP contribution in [0.25, 0.3) is 0 Å². The number of methoxy groups -OCH3 is 2. The summed E-state index contributed by atoms with van der Waals surface area (Å²) in [6, 6.07) is 5.82. The number of rotatable bonds is 6. The van der Waals surface area contributed by atoms with Crippen LogP contribution in [0, 0.1) is 3.57 Å². The topological polar surface area (TPSA) is 69.7 Å². The number of nitrogens with one attached hydrogen (secondary N) is 1. The zero-order valence-corrected chi connectivity index (χ0v) is 15.8. The fourth-order valence-electron chi connectivity index (χ4n) is 1.92. The summed E-state index contributed by atoms with van der Waals surface area (Å²) in [5, 5.41) is 2.61. The number of aromatic nitrogens is 1. The van der Waals surface area contributed by atoms with E-state index in [-0.39, 0.29) is 5.88 Å². The van der Waals surface area contributed by atoms with E-state index in [0.29, 0.717) is 26.3 Å². The first kappa shape index (κ1) is 20.1. The van der Waals surface area contributed by atoms with Crippen LogP contribution in [-0.4, -0.2) is 37.9 Å². The molecular formula is C16H14F3IN2O4. The highest BCUT2D eigenvalue weighted by Crippen LogP contribution is 2.31. The molecule has 1 heterocycles. The number of halogens is 4. The minimum absolute atomic E-state index is 0.193. The highest BCUT2D eigenvalue weighted by Gasteiger charge is 2.28. The molecule has 0 aliphatic heterocycles. The highest BCUT2D eigenvalue weighted by atomic mass is 127. The van der Waals surface area contributed by atoms with Crippen LogP contribution in [-0.2, 0) is 0 Å². The molecule has 1 amide bonds. The van der Waals surface area contributed by atoms with Crippen LogP contribution in [0.2, 0.25) is 0 Å². The molecule has 1 aromatic heterocycles. The van der Waals surface area contributed by atoms with Crippen LogP contribution < -0.4 is 19.5 Å². The van der Waals surface area contributed by atoms with Gasteiger partial charge in [-0.2, -0.15) is 13.2 Å². The van der Waals surface area contributed by atoms with Gasteiger partial charge in [-0.3, -0.25) is 4.79 Å². The lowest BCUT2D eigenvalue weighted by molar-refractivity contribution is -0.154. The van der Waals surface area contributed by atoms with Gasteiger partial charge >= 0.3 is 6.18 Å². The number of ether oxygens (including phenoxy) is 3. The zero-order chi connectivity index (χ0) is 19.3. The van der Waals surface area contributed by atoms with Crippen molar-refractivity contribution in [1.29, 1.82) is 0 Å². The Bertz CT molecular complexity index is 782. The maximum absolute atomic E-state index is 12.4.